The molecule has 2 atom stereocenters. The molecule has 20 heavy (non-hydrogen) atoms. The van der Waals surface area contributed by atoms with Gasteiger partial charge in [0.1, 0.15) is 0 Å². The molecule has 0 aromatic carbocycles. The zero-order valence-electron chi connectivity index (χ0n) is 13.2. The average Bonchev–Trinajstić information content (AvgIpc) is 2.85. The molecule has 0 spiro atoms. The Balaban J connectivity index is 2.75. The number of aliphatic carboxylic acids is 1. The van der Waals surface area contributed by atoms with Crippen LogP contribution in [0.3, 0.4) is 0 Å². The summed E-state index contributed by atoms with van der Waals surface area (Å²) in [6.45, 7) is 10.4. The first kappa shape index (κ1) is 17.0. The van der Waals surface area contributed by atoms with E-state index in [1.54, 1.807) is 0 Å². The molecule has 116 valence electrons. The molecule has 1 N–H and O–H groups in total. The molecule has 1 fully saturated rings. The van der Waals surface area contributed by atoms with Crippen LogP contribution in [0.1, 0.15) is 47.0 Å². The van der Waals surface area contributed by atoms with Crippen molar-refractivity contribution in [3.05, 3.63) is 0 Å². The average molecular weight is 284 g/mol. The quantitative estimate of drug-likeness (QED) is 0.774. The third-order valence-electron chi connectivity index (χ3n) is 4.55. The first-order valence-electron chi connectivity index (χ1n) is 7.68. The highest BCUT2D eigenvalue weighted by Crippen LogP contribution is 2.36. The van der Waals surface area contributed by atoms with Crippen molar-refractivity contribution in [2.24, 2.45) is 5.41 Å². The summed E-state index contributed by atoms with van der Waals surface area (Å²) in [6.07, 6.45) is 2.19. The molecule has 0 saturated carbocycles. The number of carbonyl (C=O) groups excluding carboxylic acids is 1. The van der Waals surface area contributed by atoms with Crippen LogP contribution in [-0.4, -0.2) is 59.0 Å². The number of likely N-dealkylation sites (N-methyl/N-ethyl adjacent to an activating group) is 1. The van der Waals surface area contributed by atoms with Gasteiger partial charge in [-0.15, -0.1) is 0 Å². The third-order valence-corrected chi connectivity index (χ3v) is 4.55. The van der Waals surface area contributed by atoms with Crippen molar-refractivity contribution < 1.29 is 14.7 Å². The van der Waals surface area contributed by atoms with Crippen LogP contribution in [0.2, 0.25) is 0 Å². The van der Waals surface area contributed by atoms with Crippen LogP contribution in [0.25, 0.3) is 0 Å². The molecular formula is C15H28N2O3. The molecule has 1 saturated heterocycles. The molecule has 1 aliphatic rings. The first-order valence-corrected chi connectivity index (χ1v) is 7.68. The number of nitrogens with zero attached hydrogens (tertiary/aromatic N) is 2. The fourth-order valence-corrected chi connectivity index (χ4v) is 3.15. The SMILES string of the molecule is CCCC1(C(=O)O)CCN(C(C)C(=O)N(CC)CC)C1. The minimum atomic E-state index is -0.718. The summed E-state index contributed by atoms with van der Waals surface area (Å²) >= 11 is 0. The molecule has 0 aromatic heterocycles. The fraction of sp³-hybridized carbons (Fsp3) is 0.867. The van der Waals surface area contributed by atoms with Crippen LogP contribution >= 0.6 is 0 Å². The van der Waals surface area contributed by atoms with Gasteiger partial charge in [-0.25, -0.2) is 0 Å². The summed E-state index contributed by atoms with van der Waals surface area (Å²) < 4.78 is 0. The second-order valence-corrected chi connectivity index (χ2v) is 5.74. The van der Waals surface area contributed by atoms with Gasteiger partial charge in [0.25, 0.3) is 0 Å². The molecule has 0 aromatic rings. The van der Waals surface area contributed by atoms with Gasteiger partial charge in [-0.1, -0.05) is 13.3 Å². The van der Waals surface area contributed by atoms with Crippen molar-refractivity contribution in [1.29, 1.82) is 0 Å². The Labute approximate surface area is 121 Å². The molecule has 0 bridgehead atoms. The van der Waals surface area contributed by atoms with Gasteiger partial charge in [0.2, 0.25) is 5.91 Å². The Morgan fingerprint density at radius 2 is 1.90 bits per heavy atom. The molecule has 1 heterocycles. The van der Waals surface area contributed by atoms with Gasteiger partial charge in [-0.2, -0.15) is 0 Å². The van der Waals surface area contributed by atoms with Crippen LogP contribution in [0.4, 0.5) is 0 Å². The van der Waals surface area contributed by atoms with Gasteiger partial charge in [-0.05, 0) is 33.6 Å². The maximum Gasteiger partial charge on any atom is 0.310 e. The first-order chi connectivity index (χ1) is 9.41. The zero-order chi connectivity index (χ0) is 15.3. The molecule has 2 unspecified atom stereocenters. The number of rotatable bonds is 7. The number of carboxylic acids is 1. The third kappa shape index (κ3) is 3.32. The second kappa shape index (κ2) is 7.07. The normalized spacial score (nSPS) is 24.6. The van der Waals surface area contributed by atoms with Crippen LogP contribution in [0.5, 0.6) is 0 Å². The van der Waals surface area contributed by atoms with E-state index in [0.717, 1.165) is 6.42 Å². The Kier molecular flexibility index (Phi) is 5.99. The van der Waals surface area contributed by atoms with E-state index in [-0.39, 0.29) is 11.9 Å². The molecule has 0 aliphatic carbocycles. The maximum atomic E-state index is 12.4. The van der Waals surface area contributed by atoms with Crippen LogP contribution in [0, 0.1) is 5.41 Å². The van der Waals surface area contributed by atoms with Gasteiger partial charge in [0.15, 0.2) is 0 Å². The van der Waals surface area contributed by atoms with E-state index in [4.69, 9.17) is 0 Å². The number of carbonyl (C=O) groups is 2. The predicted octanol–water partition coefficient (Wildman–Crippen LogP) is 1.82. The van der Waals surface area contributed by atoms with Gasteiger partial charge in [-0.3, -0.25) is 14.5 Å². The maximum absolute atomic E-state index is 12.4. The lowest BCUT2D eigenvalue weighted by atomic mass is 9.83. The van der Waals surface area contributed by atoms with E-state index >= 15 is 0 Å². The van der Waals surface area contributed by atoms with E-state index in [1.807, 2.05) is 37.5 Å². The second-order valence-electron chi connectivity index (χ2n) is 5.74. The molecular weight excluding hydrogens is 256 g/mol. The summed E-state index contributed by atoms with van der Waals surface area (Å²) in [6, 6.07) is -0.229. The Hall–Kier alpha value is -1.10. The minimum absolute atomic E-state index is 0.104. The fourth-order valence-electron chi connectivity index (χ4n) is 3.15. The smallest absolute Gasteiger partial charge is 0.310 e. The van der Waals surface area contributed by atoms with E-state index in [9.17, 15) is 14.7 Å². The van der Waals surface area contributed by atoms with Crippen LogP contribution in [0.15, 0.2) is 0 Å². The summed E-state index contributed by atoms with van der Waals surface area (Å²) in [7, 11) is 0. The van der Waals surface area contributed by atoms with E-state index < -0.39 is 11.4 Å². The minimum Gasteiger partial charge on any atom is -0.481 e. The zero-order valence-corrected chi connectivity index (χ0v) is 13.2. The molecule has 1 amide bonds. The van der Waals surface area contributed by atoms with Crippen LogP contribution in [-0.2, 0) is 9.59 Å². The monoisotopic (exact) mass is 284 g/mol. The van der Waals surface area contributed by atoms with Gasteiger partial charge in [0, 0.05) is 26.2 Å². The highest BCUT2D eigenvalue weighted by Gasteiger charge is 2.46. The summed E-state index contributed by atoms with van der Waals surface area (Å²) in [5.74, 6) is -0.614. The lowest BCUT2D eigenvalue weighted by Gasteiger charge is -2.30. The largest absolute Gasteiger partial charge is 0.481 e. The molecule has 1 rings (SSSR count). The number of hydrogen-bond acceptors (Lipinski definition) is 3. The number of likely N-dealkylation sites (tertiary alicyclic amines) is 1. The highest BCUT2D eigenvalue weighted by molar-refractivity contribution is 5.82. The van der Waals surface area contributed by atoms with E-state index in [2.05, 4.69) is 0 Å². The summed E-state index contributed by atoms with van der Waals surface area (Å²) in [4.78, 5) is 27.8. The predicted molar refractivity (Wildman–Crippen MR) is 78.6 cm³/mol. The Morgan fingerprint density at radius 1 is 1.30 bits per heavy atom. The summed E-state index contributed by atoms with van der Waals surface area (Å²) in [5.41, 5.74) is -0.660. The van der Waals surface area contributed by atoms with Crippen molar-refractivity contribution in [2.75, 3.05) is 26.2 Å². The van der Waals surface area contributed by atoms with Crippen molar-refractivity contribution in [2.45, 2.75) is 53.0 Å². The lowest BCUT2D eigenvalue weighted by molar-refractivity contribution is -0.149. The van der Waals surface area contributed by atoms with E-state index in [1.165, 1.54) is 0 Å². The molecule has 5 nitrogen and oxygen atoms in total. The van der Waals surface area contributed by atoms with Gasteiger partial charge < -0.3 is 10.0 Å². The standard InChI is InChI=1S/C15H28N2O3/c1-5-8-15(14(19)20)9-10-17(11-15)12(4)13(18)16(6-2)7-3/h12H,5-11H2,1-4H3,(H,19,20). The highest BCUT2D eigenvalue weighted by atomic mass is 16.4. The van der Waals surface area contributed by atoms with Gasteiger partial charge >= 0.3 is 5.97 Å². The molecule has 5 heteroatoms. The number of carboxylic acid groups (broad SMARTS) is 1. The van der Waals surface area contributed by atoms with Crippen molar-refractivity contribution in [1.82, 2.24) is 9.80 Å². The molecule has 0 radical (unpaired) electrons. The number of hydrogen-bond donors (Lipinski definition) is 1. The van der Waals surface area contributed by atoms with Gasteiger partial charge in [0.05, 0.1) is 11.5 Å². The lowest BCUT2D eigenvalue weighted by Crippen LogP contribution is -2.47. The summed E-state index contributed by atoms with van der Waals surface area (Å²) in [5, 5.41) is 9.51. The molecule has 1 aliphatic heterocycles. The number of amides is 1. The van der Waals surface area contributed by atoms with Crippen molar-refractivity contribution >= 4 is 11.9 Å². The van der Waals surface area contributed by atoms with E-state index in [0.29, 0.717) is 39.0 Å². The topological polar surface area (TPSA) is 60.9 Å². The Morgan fingerprint density at radius 3 is 2.35 bits per heavy atom. The Bertz CT molecular complexity index is 355. The van der Waals surface area contributed by atoms with Crippen molar-refractivity contribution in [3.8, 4) is 0 Å². The van der Waals surface area contributed by atoms with Crippen molar-refractivity contribution in [3.63, 3.8) is 0 Å². The van der Waals surface area contributed by atoms with Crippen LogP contribution < -0.4 is 0 Å².